The van der Waals surface area contributed by atoms with Crippen LogP contribution in [0.3, 0.4) is 0 Å². The van der Waals surface area contributed by atoms with Crippen LogP contribution in [0.1, 0.15) is 46.1 Å². The van der Waals surface area contributed by atoms with Gasteiger partial charge in [-0.15, -0.1) is 0 Å². The molecule has 1 saturated heterocycles. The molecule has 0 aliphatic carbocycles. The van der Waals surface area contributed by atoms with E-state index in [9.17, 15) is 4.79 Å². The molecule has 2 nitrogen and oxygen atoms in total. The number of ketones is 1. The van der Waals surface area contributed by atoms with Crippen LogP contribution in [0.4, 0.5) is 0 Å². The molecule has 1 aliphatic rings. The second-order valence-electron chi connectivity index (χ2n) is 7.06. The summed E-state index contributed by atoms with van der Waals surface area (Å²) >= 11 is 0. The van der Waals surface area contributed by atoms with Gasteiger partial charge in [0.15, 0.2) is 0 Å². The summed E-state index contributed by atoms with van der Waals surface area (Å²) in [5.74, 6) is 1.23. The third-order valence-corrected chi connectivity index (χ3v) is 4.29. The Balaban J connectivity index is 2.17. The van der Waals surface area contributed by atoms with Crippen molar-refractivity contribution in [1.29, 1.82) is 0 Å². The first-order valence-electron chi connectivity index (χ1n) is 8.38. The molecule has 1 fully saturated rings. The van der Waals surface area contributed by atoms with Gasteiger partial charge < -0.3 is 4.74 Å². The van der Waals surface area contributed by atoms with Gasteiger partial charge in [0, 0.05) is 12.3 Å². The summed E-state index contributed by atoms with van der Waals surface area (Å²) in [5.41, 5.74) is 1.15. The highest BCUT2D eigenvalue weighted by Crippen LogP contribution is 2.31. The lowest BCUT2D eigenvalue weighted by atomic mass is 9.82. The smallest absolute Gasteiger partial charge is 0.141 e. The highest BCUT2D eigenvalue weighted by atomic mass is 16.5. The third kappa shape index (κ3) is 4.54. The quantitative estimate of drug-likeness (QED) is 0.784. The number of benzene rings is 1. The first-order valence-corrected chi connectivity index (χ1v) is 8.38. The van der Waals surface area contributed by atoms with Crippen molar-refractivity contribution in [2.75, 3.05) is 0 Å². The van der Waals surface area contributed by atoms with E-state index in [2.05, 4.69) is 52.0 Å². The van der Waals surface area contributed by atoms with Crippen molar-refractivity contribution in [3.63, 3.8) is 0 Å². The molecule has 0 aromatic heterocycles. The fraction of sp³-hybridized carbons (Fsp3) is 0.550. The van der Waals surface area contributed by atoms with Crippen LogP contribution < -0.4 is 0 Å². The predicted molar refractivity (Wildman–Crippen MR) is 91.5 cm³/mol. The Hall–Kier alpha value is -1.41. The van der Waals surface area contributed by atoms with Crippen LogP contribution in [-0.2, 0) is 9.53 Å². The number of hydrogen-bond acceptors (Lipinski definition) is 2. The summed E-state index contributed by atoms with van der Waals surface area (Å²) in [6.45, 7) is 8.58. The van der Waals surface area contributed by atoms with E-state index < -0.39 is 0 Å². The first-order chi connectivity index (χ1) is 10.5. The molecule has 1 aliphatic heterocycles. The second-order valence-corrected chi connectivity index (χ2v) is 7.06. The standard InChI is InChI=1S/C20H28O2/c1-14(2)12-17-18(21)13-20(15(3)4)22-19(17)11-10-16-8-6-5-7-9-16/h5-11,14-15,17,19-20H,12-13H2,1-4H3/b11-10+/t17-,19-,20-/m0/s1. The van der Waals surface area contributed by atoms with Gasteiger partial charge in [0.2, 0.25) is 0 Å². The fourth-order valence-corrected chi connectivity index (χ4v) is 2.99. The molecule has 3 atom stereocenters. The van der Waals surface area contributed by atoms with E-state index >= 15 is 0 Å². The number of carbonyl (C=O) groups excluding carboxylic acids is 1. The van der Waals surface area contributed by atoms with Crippen molar-refractivity contribution < 1.29 is 9.53 Å². The van der Waals surface area contributed by atoms with Crippen LogP contribution in [0.15, 0.2) is 36.4 Å². The molecule has 22 heavy (non-hydrogen) atoms. The van der Waals surface area contributed by atoms with Gasteiger partial charge in [-0.25, -0.2) is 0 Å². The summed E-state index contributed by atoms with van der Waals surface area (Å²) in [4.78, 5) is 12.6. The van der Waals surface area contributed by atoms with Crippen LogP contribution >= 0.6 is 0 Å². The summed E-state index contributed by atoms with van der Waals surface area (Å²) < 4.78 is 6.25. The molecule has 120 valence electrons. The van der Waals surface area contributed by atoms with Crippen molar-refractivity contribution in [2.24, 2.45) is 17.8 Å². The van der Waals surface area contributed by atoms with E-state index in [4.69, 9.17) is 4.74 Å². The molecule has 0 spiro atoms. The summed E-state index contributed by atoms with van der Waals surface area (Å²) in [6, 6.07) is 10.2. The van der Waals surface area contributed by atoms with Crippen molar-refractivity contribution in [2.45, 2.75) is 52.7 Å². The van der Waals surface area contributed by atoms with Gasteiger partial charge in [-0.3, -0.25) is 4.79 Å². The number of rotatable bonds is 5. The summed E-state index contributed by atoms with van der Waals surface area (Å²) in [6.07, 6.45) is 5.55. The normalized spacial score (nSPS) is 26.3. The minimum absolute atomic E-state index is 0.00466. The van der Waals surface area contributed by atoms with Gasteiger partial charge in [0.25, 0.3) is 0 Å². The molecule has 0 unspecified atom stereocenters. The first kappa shape index (κ1) is 17.0. The van der Waals surface area contributed by atoms with E-state index in [1.807, 2.05) is 18.2 Å². The monoisotopic (exact) mass is 300 g/mol. The average Bonchev–Trinajstić information content (AvgIpc) is 2.48. The highest BCUT2D eigenvalue weighted by Gasteiger charge is 2.37. The number of ether oxygens (including phenoxy) is 1. The maximum Gasteiger partial charge on any atom is 0.141 e. The third-order valence-electron chi connectivity index (χ3n) is 4.29. The molecule has 2 heteroatoms. The Kier molecular flexibility index (Phi) is 5.96. The molecule has 1 heterocycles. The summed E-state index contributed by atoms with van der Waals surface area (Å²) in [7, 11) is 0. The van der Waals surface area contributed by atoms with Crippen molar-refractivity contribution in [3.05, 3.63) is 42.0 Å². The van der Waals surface area contributed by atoms with Gasteiger partial charge in [-0.2, -0.15) is 0 Å². The zero-order chi connectivity index (χ0) is 16.1. The lowest BCUT2D eigenvalue weighted by molar-refractivity contribution is -0.146. The Morgan fingerprint density at radius 1 is 1.18 bits per heavy atom. The van der Waals surface area contributed by atoms with Crippen LogP contribution in [0, 0.1) is 17.8 Å². The lowest BCUT2D eigenvalue weighted by Crippen LogP contribution is -2.43. The minimum Gasteiger partial charge on any atom is -0.369 e. The second kappa shape index (κ2) is 7.73. The van der Waals surface area contributed by atoms with Crippen LogP contribution in [0.25, 0.3) is 6.08 Å². The van der Waals surface area contributed by atoms with E-state index in [1.165, 1.54) is 0 Å². The van der Waals surface area contributed by atoms with Gasteiger partial charge in [0.1, 0.15) is 5.78 Å². The van der Waals surface area contributed by atoms with Gasteiger partial charge in [-0.1, -0.05) is 70.2 Å². The Bertz CT molecular complexity index is 502. The molecular weight excluding hydrogens is 272 g/mol. The topological polar surface area (TPSA) is 26.3 Å². The van der Waals surface area contributed by atoms with E-state index in [1.54, 1.807) is 0 Å². The molecule has 0 amide bonds. The van der Waals surface area contributed by atoms with Crippen molar-refractivity contribution in [3.8, 4) is 0 Å². The molecule has 0 bridgehead atoms. The molecular formula is C20H28O2. The fourth-order valence-electron chi connectivity index (χ4n) is 2.99. The summed E-state index contributed by atoms with van der Waals surface area (Å²) in [5, 5.41) is 0. The maximum atomic E-state index is 12.6. The van der Waals surface area contributed by atoms with Gasteiger partial charge in [-0.05, 0) is 23.8 Å². The Morgan fingerprint density at radius 3 is 2.45 bits per heavy atom. The molecule has 0 saturated carbocycles. The highest BCUT2D eigenvalue weighted by molar-refractivity contribution is 5.83. The Morgan fingerprint density at radius 2 is 1.86 bits per heavy atom. The number of Topliss-reactive ketones (excluding diaryl/α,β-unsaturated/α-hetero) is 1. The lowest BCUT2D eigenvalue weighted by Gasteiger charge is -2.36. The molecule has 1 aromatic carbocycles. The van der Waals surface area contributed by atoms with Crippen LogP contribution in [0.5, 0.6) is 0 Å². The van der Waals surface area contributed by atoms with Gasteiger partial charge >= 0.3 is 0 Å². The minimum atomic E-state index is -0.101. The molecule has 1 aromatic rings. The van der Waals surface area contributed by atoms with E-state index in [0.717, 1.165) is 12.0 Å². The Labute approximate surface area is 134 Å². The van der Waals surface area contributed by atoms with E-state index in [-0.39, 0.29) is 18.1 Å². The SMILES string of the molecule is CC(C)C[C@H]1C(=O)C[C@@H](C(C)C)O[C@H]1/C=C/c1ccccc1. The maximum absolute atomic E-state index is 12.6. The number of carbonyl (C=O) groups is 1. The van der Waals surface area contributed by atoms with Crippen molar-refractivity contribution >= 4 is 11.9 Å². The molecule has 0 radical (unpaired) electrons. The van der Waals surface area contributed by atoms with Crippen LogP contribution in [0.2, 0.25) is 0 Å². The largest absolute Gasteiger partial charge is 0.369 e. The molecule has 0 N–H and O–H groups in total. The zero-order valence-corrected chi connectivity index (χ0v) is 14.2. The van der Waals surface area contributed by atoms with Gasteiger partial charge in [0.05, 0.1) is 12.2 Å². The predicted octanol–water partition coefficient (Wildman–Crippen LogP) is 4.74. The van der Waals surface area contributed by atoms with E-state index in [0.29, 0.717) is 24.0 Å². The van der Waals surface area contributed by atoms with Crippen molar-refractivity contribution in [1.82, 2.24) is 0 Å². The van der Waals surface area contributed by atoms with Crippen LogP contribution in [-0.4, -0.2) is 18.0 Å². The zero-order valence-electron chi connectivity index (χ0n) is 14.2. The number of hydrogen-bond donors (Lipinski definition) is 0. The average molecular weight is 300 g/mol. The molecule has 2 rings (SSSR count).